The fourth-order valence-corrected chi connectivity index (χ4v) is 4.26. The van der Waals surface area contributed by atoms with E-state index in [1.165, 1.54) is 16.8 Å². The van der Waals surface area contributed by atoms with Crippen LogP contribution in [0.2, 0.25) is 0 Å². The average molecular weight is 402 g/mol. The van der Waals surface area contributed by atoms with Gasteiger partial charge in [-0.2, -0.15) is 0 Å². The molecule has 0 saturated carbocycles. The van der Waals surface area contributed by atoms with Gasteiger partial charge in [-0.3, -0.25) is 4.79 Å². The van der Waals surface area contributed by atoms with Gasteiger partial charge >= 0.3 is 0 Å². The van der Waals surface area contributed by atoms with Crippen LogP contribution in [0.3, 0.4) is 0 Å². The third-order valence-corrected chi connectivity index (χ3v) is 6.07. The number of hydrogen-bond acceptors (Lipinski definition) is 3. The molecule has 1 fully saturated rings. The van der Waals surface area contributed by atoms with E-state index in [0.29, 0.717) is 6.04 Å². The van der Waals surface area contributed by atoms with Crippen molar-refractivity contribution in [3.63, 3.8) is 0 Å². The van der Waals surface area contributed by atoms with Crippen LogP contribution in [-0.4, -0.2) is 32.5 Å². The molecule has 4 heteroatoms. The number of aldehydes is 1. The molecule has 3 aromatic carbocycles. The number of nitrogens with zero attached hydrogens (tertiary/aromatic N) is 1. The monoisotopic (exact) mass is 401 g/mol. The molecule has 1 atom stereocenters. The highest BCUT2D eigenvalue weighted by Gasteiger charge is 2.26. The van der Waals surface area contributed by atoms with Gasteiger partial charge in [-0.15, -0.1) is 0 Å². The molecule has 0 radical (unpaired) electrons. The van der Waals surface area contributed by atoms with E-state index in [2.05, 4.69) is 49.1 Å². The van der Waals surface area contributed by atoms with Crippen molar-refractivity contribution in [1.82, 2.24) is 0 Å². The zero-order valence-electron chi connectivity index (χ0n) is 17.7. The number of para-hydroxylation sites is 1. The minimum Gasteiger partial charge on any atom is -0.457 e. The molecular weight excluding hydrogens is 372 g/mol. The number of hydrogen-bond donors (Lipinski definition) is 1. The zero-order chi connectivity index (χ0) is 20.9. The maximum Gasteiger partial charge on any atom is 0.150 e. The van der Waals surface area contributed by atoms with Gasteiger partial charge in [-0.25, -0.2) is 0 Å². The minimum atomic E-state index is 0.441. The smallest absolute Gasteiger partial charge is 0.150 e. The van der Waals surface area contributed by atoms with Gasteiger partial charge in [0.05, 0.1) is 26.2 Å². The summed E-state index contributed by atoms with van der Waals surface area (Å²) in [6, 6.07) is 24.8. The van der Waals surface area contributed by atoms with Crippen molar-refractivity contribution >= 4 is 12.0 Å². The molecule has 154 valence electrons. The SMILES string of the molecule is Cc1cc(C=O)ccc1N1CC[NH+]([C@@H](C)c2ccc(Oc3ccccc3)cc2)CC1. The third kappa shape index (κ3) is 4.55. The Morgan fingerprint density at radius 1 is 0.933 bits per heavy atom. The minimum absolute atomic E-state index is 0.441. The zero-order valence-corrected chi connectivity index (χ0v) is 17.7. The first kappa shape index (κ1) is 20.2. The number of anilines is 1. The lowest BCUT2D eigenvalue weighted by molar-refractivity contribution is -0.930. The van der Waals surface area contributed by atoms with E-state index in [0.717, 1.165) is 49.5 Å². The quantitative estimate of drug-likeness (QED) is 0.633. The van der Waals surface area contributed by atoms with E-state index >= 15 is 0 Å². The molecule has 30 heavy (non-hydrogen) atoms. The molecule has 0 amide bonds. The van der Waals surface area contributed by atoms with Gasteiger partial charge in [0.25, 0.3) is 0 Å². The molecular formula is C26H29N2O2+. The molecule has 0 unspecified atom stereocenters. The van der Waals surface area contributed by atoms with Crippen LogP contribution >= 0.6 is 0 Å². The largest absolute Gasteiger partial charge is 0.457 e. The summed E-state index contributed by atoms with van der Waals surface area (Å²) in [6.45, 7) is 8.63. The van der Waals surface area contributed by atoms with Crippen molar-refractivity contribution in [1.29, 1.82) is 0 Å². The first-order chi connectivity index (χ1) is 14.6. The Bertz CT molecular complexity index is 978. The Labute approximate surface area is 178 Å². The summed E-state index contributed by atoms with van der Waals surface area (Å²) in [5.74, 6) is 1.72. The normalized spacial score (nSPS) is 15.6. The molecule has 0 aromatic heterocycles. The number of benzene rings is 3. The van der Waals surface area contributed by atoms with Gasteiger partial charge in [0, 0.05) is 16.8 Å². The van der Waals surface area contributed by atoms with Gasteiger partial charge < -0.3 is 14.5 Å². The fourth-order valence-electron chi connectivity index (χ4n) is 4.26. The highest BCUT2D eigenvalue weighted by molar-refractivity contribution is 5.77. The highest BCUT2D eigenvalue weighted by atomic mass is 16.5. The summed E-state index contributed by atoms with van der Waals surface area (Å²) in [5, 5.41) is 0. The summed E-state index contributed by atoms with van der Waals surface area (Å²) in [4.78, 5) is 15.0. The van der Waals surface area contributed by atoms with E-state index < -0.39 is 0 Å². The number of piperazine rings is 1. The molecule has 1 saturated heterocycles. The van der Waals surface area contributed by atoms with Crippen molar-refractivity contribution in [2.45, 2.75) is 19.9 Å². The number of rotatable bonds is 6. The Morgan fingerprint density at radius 2 is 1.60 bits per heavy atom. The lowest BCUT2D eigenvalue weighted by Gasteiger charge is -2.37. The number of nitrogens with one attached hydrogen (secondary N) is 1. The van der Waals surface area contributed by atoms with Crippen molar-refractivity contribution < 1.29 is 14.4 Å². The molecule has 0 spiro atoms. The second kappa shape index (κ2) is 9.14. The molecule has 1 aliphatic rings. The summed E-state index contributed by atoms with van der Waals surface area (Å²) in [6.07, 6.45) is 0.913. The van der Waals surface area contributed by atoms with Gasteiger partial charge in [0.2, 0.25) is 0 Å². The standard InChI is InChI=1S/C26H28N2O2/c1-20-18-22(19-29)8-13-26(20)28-16-14-27(15-17-28)21(2)23-9-11-25(12-10-23)30-24-6-4-3-5-7-24/h3-13,18-19,21H,14-17H2,1-2H3/p+1/t21-/m0/s1. The van der Waals surface area contributed by atoms with E-state index in [9.17, 15) is 4.79 Å². The Hall–Kier alpha value is -3.11. The predicted molar refractivity (Wildman–Crippen MR) is 121 cm³/mol. The van der Waals surface area contributed by atoms with Gasteiger partial charge in [0.15, 0.2) is 0 Å². The fraction of sp³-hybridized carbons (Fsp3) is 0.269. The maximum absolute atomic E-state index is 11.0. The Balaban J connectivity index is 1.36. The summed E-state index contributed by atoms with van der Waals surface area (Å²) >= 11 is 0. The van der Waals surface area contributed by atoms with Gasteiger partial charge in [-0.1, -0.05) is 18.2 Å². The van der Waals surface area contributed by atoms with Crippen molar-refractivity contribution in [3.05, 3.63) is 89.5 Å². The third-order valence-electron chi connectivity index (χ3n) is 6.07. The van der Waals surface area contributed by atoms with Gasteiger partial charge in [0.1, 0.15) is 23.8 Å². The lowest BCUT2D eigenvalue weighted by Crippen LogP contribution is -3.14. The maximum atomic E-state index is 11.0. The van der Waals surface area contributed by atoms with Crippen LogP contribution in [0, 0.1) is 6.92 Å². The summed E-state index contributed by atoms with van der Waals surface area (Å²) in [7, 11) is 0. The first-order valence-corrected chi connectivity index (χ1v) is 10.6. The van der Waals surface area contributed by atoms with Crippen LogP contribution in [0.1, 0.15) is 34.5 Å². The van der Waals surface area contributed by atoms with Crippen LogP contribution in [0.25, 0.3) is 0 Å². The predicted octanol–water partition coefficient (Wildman–Crippen LogP) is 4.07. The van der Waals surface area contributed by atoms with Crippen LogP contribution in [-0.2, 0) is 0 Å². The Kier molecular flexibility index (Phi) is 6.15. The summed E-state index contributed by atoms with van der Waals surface area (Å²) in [5.41, 5.74) is 4.50. The van der Waals surface area contributed by atoms with Crippen molar-refractivity contribution in [3.8, 4) is 11.5 Å². The molecule has 1 heterocycles. The van der Waals surface area contributed by atoms with Crippen LogP contribution in [0.5, 0.6) is 11.5 Å². The second-order valence-electron chi connectivity index (χ2n) is 8.01. The number of carbonyl (C=O) groups excluding carboxylic acids is 1. The summed E-state index contributed by atoms with van der Waals surface area (Å²) < 4.78 is 5.91. The van der Waals surface area contributed by atoms with Crippen LogP contribution in [0.4, 0.5) is 5.69 Å². The van der Waals surface area contributed by atoms with E-state index in [1.54, 1.807) is 4.90 Å². The van der Waals surface area contributed by atoms with Crippen LogP contribution < -0.4 is 14.5 Å². The first-order valence-electron chi connectivity index (χ1n) is 10.6. The number of ether oxygens (including phenoxy) is 1. The number of quaternary nitrogens is 1. The molecule has 0 aliphatic carbocycles. The van der Waals surface area contributed by atoms with Crippen LogP contribution in [0.15, 0.2) is 72.8 Å². The van der Waals surface area contributed by atoms with E-state index in [1.807, 2.05) is 42.5 Å². The highest BCUT2D eigenvalue weighted by Crippen LogP contribution is 2.23. The molecule has 3 aromatic rings. The van der Waals surface area contributed by atoms with E-state index in [-0.39, 0.29) is 0 Å². The van der Waals surface area contributed by atoms with Crippen molar-refractivity contribution in [2.24, 2.45) is 0 Å². The Morgan fingerprint density at radius 3 is 2.23 bits per heavy atom. The molecule has 1 N–H and O–H groups in total. The van der Waals surface area contributed by atoms with E-state index in [4.69, 9.17) is 4.74 Å². The van der Waals surface area contributed by atoms with Crippen molar-refractivity contribution in [2.75, 3.05) is 31.1 Å². The molecule has 4 nitrogen and oxygen atoms in total. The molecule has 4 rings (SSSR count). The second-order valence-corrected chi connectivity index (χ2v) is 8.01. The molecule has 1 aliphatic heterocycles. The van der Waals surface area contributed by atoms with Gasteiger partial charge in [-0.05, 0) is 74.0 Å². The molecule has 0 bridgehead atoms. The lowest BCUT2D eigenvalue weighted by atomic mass is 10.0. The average Bonchev–Trinajstić information content (AvgIpc) is 2.80. The number of aryl methyl sites for hydroxylation is 1. The number of carbonyl (C=O) groups is 1. The topological polar surface area (TPSA) is 34.0 Å².